The first-order valence-electron chi connectivity index (χ1n) is 11.5. The summed E-state index contributed by atoms with van der Waals surface area (Å²) in [6.45, 7) is 5.14. The molecular weight excluding hydrogens is 438 g/mol. The van der Waals surface area contributed by atoms with E-state index in [-0.39, 0.29) is 11.3 Å². The number of morpholine rings is 1. The highest BCUT2D eigenvalue weighted by Crippen LogP contribution is 2.40. The van der Waals surface area contributed by atoms with Gasteiger partial charge in [-0.15, -0.1) is 0 Å². The molecule has 0 aliphatic carbocycles. The monoisotopic (exact) mass is 465 g/mol. The van der Waals surface area contributed by atoms with E-state index in [1.165, 1.54) is 4.90 Å². The molecule has 178 valence electrons. The highest BCUT2D eigenvalue weighted by Gasteiger charge is 2.46. The third-order valence-corrected chi connectivity index (χ3v) is 6.30. The number of hydrogen-bond donors (Lipinski definition) is 1. The molecule has 0 saturated carbocycles. The predicted octanol–water partition coefficient (Wildman–Crippen LogP) is 2.00. The van der Waals surface area contributed by atoms with E-state index in [0.29, 0.717) is 62.1 Å². The van der Waals surface area contributed by atoms with Crippen molar-refractivity contribution >= 4 is 17.4 Å². The number of nitrogens with zero attached hydrogens (tertiary/aromatic N) is 3. The van der Waals surface area contributed by atoms with Crippen molar-refractivity contribution in [1.82, 2.24) is 14.8 Å². The first-order chi connectivity index (χ1) is 16.6. The fourth-order valence-electron chi connectivity index (χ4n) is 4.59. The minimum absolute atomic E-state index is 0.0340. The van der Waals surface area contributed by atoms with E-state index < -0.39 is 17.7 Å². The lowest BCUT2D eigenvalue weighted by Gasteiger charge is -2.29. The lowest BCUT2D eigenvalue weighted by molar-refractivity contribution is -0.140. The summed E-state index contributed by atoms with van der Waals surface area (Å²) < 4.78 is 16.6. The van der Waals surface area contributed by atoms with Crippen LogP contribution in [0.4, 0.5) is 0 Å². The normalized spacial score (nSPS) is 22.2. The first-order valence-corrected chi connectivity index (χ1v) is 11.5. The van der Waals surface area contributed by atoms with Crippen LogP contribution in [-0.2, 0) is 14.3 Å². The second kappa shape index (κ2) is 9.82. The molecule has 9 nitrogen and oxygen atoms in total. The van der Waals surface area contributed by atoms with Gasteiger partial charge in [0.1, 0.15) is 25.0 Å². The number of likely N-dealkylation sites (tertiary alicyclic amines) is 1. The lowest BCUT2D eigenvalue weighted by Crippen LogP contribution is -2.39. The van der Waals surface area contributed by atoms with Crippen LogP contribution in [0.5, 0.6) is 11.5 Å². The number of carbonyl (C=O) groups excluding carboxylic acids is 2. The second-order valence-corrected chi connectivity index (χ2v) is 8.41. The number of benzene rings is 1. The van der Waals surface area contributed by atoms with Gasteiger partial charge < -0.3 is 24.2 Å². The molecule has 2 saturated heterocycles. The molecule has 1 N–H and O–H groups in total. The largest absolute Gasteiger partial charge is 0.507 e. The number of rotatable bonds is 6. The average molecular weight is 466 g/mol. The van der Waals surface area contributed by atoms with Crippen LogP contribution >= 0.6 is 0 Å². The molecule has 1 aromatic heterocycles. The van der Waals surface area contributed by atoms with Gasteiger partial charge in [0.15, 0.2) is 11.5 Å². The molecule has 9 heteroatoms. The van der Waals surface area contributed by atoms with E-state index in [4.69, 9.17) is 14.2 Å². The summed E-state index contributed by atoms with van der Waals surface area (Å²) in [5.41, 5.74) is 0.954. The number of pyridine rings is 1. The maximum absolute atomic E-state index is 13.1. The molecule has 1 aromatic carbocycles. The Bertz CT molecular complexity index is 1100. The number of ether oxygens (including phenoxy) is 3. The third-order valence-electron chi connectivity index (χ3n) is 6.30. The molecule has 3 aliphatic rings. The van der Waals surface area contributed by atoms with Crippen LogP contribution in [0.15, 0.2) is 48.2 Å². The highest BCUT2D eigenvalue weighted by molar-refractivity contribution is 6.46. The van der Waals surface area contributed by atoms with Crippen LogP contribution in [0, 0.1) is 0 Å². The minimum atomic E-state index is -0.765. The SMILES string of the molecule is O=C1C(=O)N(CCCN2CCOCC2)[C@H](c2ccccn2)/C1=C(\O)c1ccc2c(c1)OCCO2. The van der Waals surface area contributed by atoms with Crippen molar-refractivity contribution in [2.75, 3.05) is 52.6 Å². The molecule has 0 radical (unpaired) electrons. The summed E-state index contributed by atoms with van der Waals surface area (Å²) in [4.78, 5) is 34.4. The summed E-state index contributed by atoms with van der Waals surface area (Å²) in [7, 11) is 0. The Hall–Kier alpha value is -3.43. The Morgan fingerprint density at radius 3 is 2.56 bits per heavy atom. The van der Waals surface area contributed by atoms with Crippen LogP contribution in [0.2, 0.25) is 0 Å². The molecular formula is C25H27N3O6. The minimum Gasteiger partial charge on any atom is -0.507 e. The number of ketones is 1. The van der Waals surface area contributed by atoms with Crippen molar-refractivity contribution in [2.24, 2.45) is 0 Å². The smallest absolute Gasteiger partial charge is 0.295 e. The van der Waals surface area contributed by atoms with Crippen LogP contribution in [0.1, 0.15) is 23.7 Å². The third kappa shape index (κ3) is 4.36. The molecule has 1 amide bonds. The molecule has 1 atom stereocenters. The second-order valence-electron chi connectivity index (χ2n) is 8.41. The Kier molecular flexibility index (Phi) is 6.46. The van der Waals surface area contributed by atoms with Gasteiger partial charge in [0.05, 0.1) is 24.5 Å². The zero-order valence-electron chi connectivity index (χ0n) is 18.8. The lowest BCUT2D eigenvalue weighted by atomic mass is 9.98. The van der Waals surface area contributed by atoms with E-state index in [2.05, 4.69) is 9.88 Å². The number of hydrogen-bond acceptors (Lipinski definition) is 8. The zero-order chi connectivity index (χ0) is 23.5. The quantitative estimate of drug-likeness (QED) is 0.393. The number of aromatic nitrogens is 1. The molecule has 0 spiro atoms. The number of fused-ring (bicyclic) bond motifs is 1. The Morgan fingerprint density at radius 1 is 1.00 bits per heavy atom. The molecule has 4 heterocycles. The van der Waals surface area contributed by atoms with Gasteiger partial charge in [0.2, 0.25) is 0 Å². The predicted molar refractivity (Wildman–Crippen MR) is 123 cm³/mol. The van der Waals surface area contributed by atoms with Crippen LogP contribution in [0.3, 0.4) is 0 Å². The van der Waals surface area contributed by atoms with Gasteiger partial charge in [0.25, 0.3) is 11.7 Å². The van der Waals surface area contributed by atoms with E-state index in [1.807, 2.05) is 0 Å². The number of aliphatic hydroxyl groups is 1. The summed E-state index contributed by atoms with van der Waals surface area (Å²) >= 11 is 0. The Morgan fingerprint density at radius 2 is 1.79 bits per heavy atom. The molecule has 0 unspecified atom stereocenters. The van der Waals surface area contributed by atoms with Crippen LogP contribution in [-0.4, -0.2) is 84.2 Å². The number of aliphatic hydroxyl groups excluding tert-OH is 1. The summed E-state index contributed by atoms with van der Waals surface area (Å²) in [6.07, 6.45) is 2.31. The first kappa shape index (κ1) is 22.4. The molecule has 3 aliphatic heterocycles. The van der Waals surface area contributed by atoms with Crippen LogP contribution < -0.4 is 9.47 Å². The fourth-order valence-corrected chi connectivity index (χ4v) is 4.59. The number of Topliss-reactive ketones (excluding diaryl/α,β-unsaturated/α-hetero) is 1. The van der Waals surface area contributed by atoms with Crippen molar-refractivity contribution in [3.05, 3.63) is 59.4 Å². The zero-order valence-corrected chi connectivity index (χ0v) is 18.8. The van der Waals surface area contributed by atoms with Crippen LogP contribution in [0.25, 0.3) is 5.76 Å². The van der Waals surface area contributed by atoms with Gasteiger partial charge in [0, 0.05) is 37.9 Å². The van der Waals surface area contributed by atoms with Crippen molar-refractivity contribution in [3.8, 4) is 11.5 Å². The summed E-state index contributed by atoms with van der Waals surface area (Å²) in [5.74, 6) is -0.523. The molecule has 0 bridgehead atoms. The van der Waals surface area contributed by atoms with Gasteiger partial charge in [-0.1, -0.05) is 6.07 Å². The van der Waals surface area contributed by atoms with Gasteiger partial charge in [-0.2, -0.15) is 0 Å². The Balaban J connectivity index is 1.46. The summed E-state index contributed by atoms with van der Waals surface area (Å²) in [5, 5.41) is 11.2. The van der Waals surface area contributed by atoms with E-state index >= 15 is 0 Å². The van der Waals surface area contributed by atoms with Gasteiger partial charge in [-0.3, -0.25) is 19.5 Å². The van der Waals surface area contributed by atoms with Gasteiger partial charge >= 0.3 is 0 Å². The highest BCUT2D eigenvalue weighted by atomic mass is 16.6. The molecule has 5 rings (SSSR count). The van der Waals surface area contributed by atoms with Crippen molar-refractivity contribution in [2.45, 2.75) is 12.5 Å². The van der Waals surface area contributed by atoms with E-state index in [0.717, 1.165) is 19.6 Å². The van der Waals surface area contributed by atoms with Crippen molar-refractivity contribution < 1.29 is 28.9 Å². The van der Waals surface area contributed by atoms with Gasteiger partial charge in [-0.05, 0) is 36.8 Å². The maximum atomic E-state index is 13.1. The molecule has 34 heavy (non-hydrogen) atoms. The van der Waals surface area contributed by atoms with Gasteiger partial charge in [-0.25, -0.2) is 0 Å². The van der Waals surface area contributed by atoms with E-state index in [1.54, 1.807) is 42.6 Å². The Labute approximate surface area is 197 Å². The van der Waals surface area contributed by atoms with Crippen molar-refractivity contribution in [1.29, 1.82) is 0 Å². The van der Waals surface area contributed by atoms with E-state index in [9.17, 15) is 14.7 Å². The summed E-state index contributed by atoms with van der Waals surface area (Å²) in [6, 6.07) is 9.56. The maximum Gasteiger partial charge on any atom is 0.295 e. The standard InChI is InChI=1S/C25H27N3O6/c29-23(17-5-6-19-20(16-17)34-15-14-33-19)21-22(18-4-1-2-7-26-18)28(25(31)24(21)30)9-3-8-27-10-12-32-13-11-27/h1-2,4-7,16,22,29H,3,8-15H2/b23-21+/t22-/m1/s1. The topological polar surface area (TPSA) is 101 Å². The average Bonchev–Trinajstić information content (AvgIpc) is 3.14. The van der Waals surface area contributed by atoms with Crippen molar-refractivity contribution in [3.63, 3.8) is 0 Å². The molecule has 2 fully saturated rings. The number of amides is 1. The number of carbonyl (C=O) groups is 2. The fraction of sp³-hybridized carbons (Fsp3) is 0.400. The molecule has 2 aromatic rings.